The van der Waals surface area contributed by atoms with E-state index in [0.717, 1.165) is 5.56 Å². The van der Waals surface area contributed by atoms with Gasteiger partial charge in [-0.3, -0.25) is 4.79 Å². The fourth-order valence-electron chi connectivity index (χ4n) is 1.82. The second kappa shape index (κ2) is 5.91. The van der Waals surface area contributed by atoms with Gasteiger partial charge in [0.2, 0.25) is 5.91 Å². The van der Waals surface area contributed by atoms with Crippen LogP contribution in [0.4, 0.5) is 11.4 Å². The maximum absolute atomic E-state index is 11.8. The van der Waals surface area contributed by atoms with Crippen LogP contribution >= 0.6 is 0 Å². The molecule has 2 aromatic carbocycles. The van der Waals surface area contributed by atoms with Crippen LogP contribution in [0.2, 0.25) is 0 Å². The standard InChI is InChI=1S/C15H16N2O2/c16-14-7-2-1-4-11(14)8-9-15(19)17-12-5-3-6-13(18)10-12/h1-7,10,18H,8-9,16H2,(H,17,19). The Morgan fingerprint density at radius 2 is 1.95 bits per heavy atom. The Morgan fingerprint density at radius 1 is 1.16 bits per heavy atom. The fraction of sp³-hybridized carbons (Fsp3) is 0.133. The van der Waals surface area contributed by atoms with Gasteiger partial charge < -0.3 is 16.2 Å². The first-order chi connectivity index (χ1) is 9.15. The van der Waals surface area contributed by atoms with Crippen LogP contribution in [-0.2, 0) is 11.2 Å². The van der Waals surface area contributed by atoms with Gasteiger partial charge >= 0.3 is 0 Å². The van der Waals surface area contributed by atoms with Gasteiger partial charge in [0.25, 0.3) is 0 Å². The van der Waals surface area contributed by atoms with Crippen molar-refractivity contribution in [2.75, 3.05) is 11.1 Å². The summed E-state index contributed by atoms with van der Waals surface area (Å²) in [4.78, 5) is 11.8. The van der Waals surface area contributed by atoms with Crippen molar-refractivity contribution in [3.8, 4) is 5.75 Å². The summed E-state index contributed by atoms with van der Waals surface area (Å²) in [6, 6.07) is 14.0. The van der Waals surface area contributed by atoms with Crippen LogP contribution in [0.3, 0.4) is 0 Å². The Bertz CT molecular complexity index is 582. The summed E-state index contributed by atoms with van der Waals surface area (Å²) in [6.07, 6.45) is 0.946. The molecule has 1 amide bonds. The van der Waals surface area contributed by atoms with E-state index in [9.17, 15) is 9.90 Å². The van der Waals surface area contributed by atoms with Gasteiger partial charge in [-0.05, 0) is 30.2 Å². The van der Waals surface area contributed by atoms with Crippen molar-refractivity contribution in [2.45, 2.75) is 12.8 Å². The lowest BCUT2D eigenvalue weighted by Gasteiger charge is -2.07. The molecule has 4 N–H and O–H groups in total. The summed E-state index contributed by atoms with van der Waals surface area (Å²) >= 11 is 0. The molecule has 0 radical (unpaired) electrons. The van der Waals surface area contributed by atoms with Crippen molar-refractivity contribution in [3.63, 3.8) is 0 Å². The largest absolute Gasteiger partial charge is 0.508 e. The lowest BCUT2D eigenvalue weighted by Crippen LogP contribution is -2.12. The van der Waals surface area contributed by atoms with E-state index in [0.29, 0.717) is 24.2 Å². The topological polar surface area (TPSA) is 75.4 Å². The van der Waals surface area contributed by atoms with E-state index in [1.54, 1.807) is 18.2 Å². The molecule has 0 aliphatic heterocycles. The minimum Gasteiger partial charge on any atom is -0.508 e. The number of rotatable bonds is 4. The number of amides is 1. The van der Waals surface area contributed by atoms with Gasteiger partial charge in [0.1, 0.15) is 5.75 Å². The van der Waals surface area contributed by atoms with Crippen molar-refractivity contribution in [3.05, 3.63) is 54.1 Å². The summed E-state index contributed by atoms with van der Waals surface area (Å²) in [6.45, 7) is 0. The molecule has 2 rings (SSSR count). The molecule has 0 heterocycles. The molecule has 0 atom stereocenters. The number of benzene rings is 2. The smallest absolute Gasteiger partial charge is 0.224 e. The summed E-state index contributed by atoms with van der Waals surface area (Å²) in [5.74, 6) is 0.0268. The Labute approximate surface area is 111 Å². The van der Waals surface area contributed by atoms with Crippen LogP contribution in [0.5, 0.6) is 5.75 Å². The van der Waals surface area contributed by atoms with Crippen molar-refractivity contribution in [1.82, 2.24) is 0 Å². The number of nitrogen functional groups attached to an aromatic ring is 1. The maximum Gasteiger partial charge on any atom is 0.224 e. The minimum atomic E-state index is -0.103. The van der Waals surface area contributed by atoms with Gasteiger partial charge in [-0.25, -0.2) is 0 Å². The molecule has 0 saturated heterocycles. The zero-order chi connectivity index (χ0) is 13.7. The van der Waals surface area contributed by atoms with E-state index in [-0.39, 0.29) is 11.7 Å². The van der Waals surface area contributed by atoms with Gasteiger partial charge in [-0.1, -0.05) is 24.3 Å². The second-order valence-corrected chi connectivity index (χ2v) is 4.30. The molecule has 0 bridgehead atoms. The number of phenols is 1. The Kier molecular flexibility index (Phi) is 4.03. The van der Waals surface area contributed by atoms with Gasteiger partial charge in [0.05, 0.1) is 0 Å². The van der Waals surface area contributed by atoms with E-state index >= 15 is 0 Å². The third kappa shape index (κ3) is 3.74. The molecular formula is C15H16N2O2. The lowest BCUT2D eigenvalue weighted by molar-refractivity contribution is -0.116. The van der Waals surface area contributed by atoms with Gasteiger partial charge in [0, 0.05) is 23.9 Å². The number of para-hydroxylation sites is 1. The van der Waals surface area contributed by atoms with Crippen LogP contribution in [0.25, 0.3) is 0 Å². The predicted octanol–water partition coefficient (Wildman–Crippen LogP) is 2.55. The monoisotopic (exact) mass is 256 g/mol. The quantitative estimate of drug-likeness (QED) is 0.736. The SMILES string of the molecule is Nc1ccccc1CCC(=O)Nc1cccc(O)c1. The number of aryl methyl sites for hydroxylation is 1. The van der Waals surface area contributed by atoms with Crippen molar-refractivity contribution in [2.24, 2.45) is 0 Å². The highest BCUT2D eigenvalue weighted by molar-refractivity contribution is 5.91. The summed E-state index contributed by atoms with van der Waals surface area (Å²) < 4.78 is 0. The predicted molar refractivity (Wildman–Crippen MR) is 75.9 cm³/mol. The lowest BCUT2D eigenvalue weighted by atomic mass is 10.1. The first kappa shape index (κ1) is 13.0. The maximum atomic E-state index is 11.8. The van der Waals surface area contributed by atoms with E-state index in [4.69, 9.17) is 5.73 Å². The first-order valence-electron chi connectivity index (χ1n) is 6.07. The number of hydrogen-bond acceptors (Lipinski definition) is 3. The van der Waals surface area contributed by atoms with Gasteiger partial charge in [-0.2, -0.15) is 0 Å². The zero-order valence-electron chi connectivity index (χ0n) is 10.5. The van der Waals surface area contributed by atoms with E-state index in [2.05, 4.69) is 5.32 Å². The summed E-state index contributed by atoms with van der Waals surface area (Å²) in [7, 11) is 0. The second-order valence-electron chi connectivity index (χ2n) is 4.30. The average Bonchev–Trinajstić information content (AvgIpc) is 2.38. The zero-order valence-corrected chi connectivity index (χ0v) is 10.5. The number of carbonyl (C=O) groups is 1. The molecule has 0 unspecified atom stereocenters. The molecule has 0 spiro atoms. The summed E-state index contributed by atoms with van der Waals surface area (Å²) in [5.41, 5.74) is 8.07. The van der Waals surface area contributed by atoms with Crippen LogP contribution in [0.15, 0.2) is 48.5 Å². The van der Waals surface area contributed by atoms with E-state index < -0.39 is 0 Å². The molecule has 4 nitrogen and oxygen atoms in total. The number of nitrogens with one attached hydrogen (secondary N) is 1. The number of anilines is 2. The van der Waals surface area contributed by atoms with Crippen LogP contribution in [-0.4, -0.2) is 11.0 Å². The highest BCUT2D eigenvalue weighted by Gasteiger charge is 2.05. The number of nitrogens with two attached hydrogens (primary N) is 1. The molecule has 4 heteroatoms. The third-order valence-electron chi connectivity index (χ3n) is 2.81. The number of hydrogen-bond donors (Lipinski definition) is 3. The Balaban J connectivity index is 1.90. The minimum absolute atomic E-state index is 0.103. The normalized spacial score (nSPS) is 10.1. The molecule has 0 fully saturated rings. The molecule has 0 aliphatic carbocycles. The summed E-state index contributed by atoms with van der Waals surface area (Å²) in [5, 5.41) is 12.0. The highest BCUT2D eigenvalue weighted by Crippen LogP contribution is 2.16. The van der Waals surface area contributed by atoms with Gasteiger partial charge in [-0.15, -0.1) is 0 Å². The molecule has 0 saturated carbocycles. The number of carbonyl (C=O) groups excluding carboxylic acids is 1. The molecule has 19 heavy (non-hydrogen) atoms. The molecule has 2 aromatic rings. The van der Waals surface area contributed by atoms with E-state index in [1.807, 2.05) is 24.3 Å². The first-order valence-corrected chi connectivity index (χ1v) is 6.07. The molecular weight excluding hydrogens is 240 g/mol. The van der Waals surface area contributed by atoms with Crippen molar-refractivity contribution < 1.29 is 9.90 Å². The van der Waals surface area contributed by atoms with E-state index in [1.165, 1.54) is 6.07 Å². The number of aromatic hydroxyl groups is 1. The molecule has 0 aliphatic rings. The van der Waals surface area contributed by atoms with Crippen molar-refractivity contribution >= 4 is 17.3 Å². The Hall–Kier alpha value is -2.49. The van der Waals surface area contributed by atoms with Crippen molar-refractivity contribution in [1.29, 1.82) is 0 Å². The highest BCUT2D eigenvalue weighted by atomic mass is 16.3. The van der Waals surface area contributed by atoms with Crippen LogP contribution in [0.1, 0.15) is 12.0 Å². The fourth-order valence-corrected chi connectivity index (χ4v) is 1.82. The Morgan fingerprint density at radius 3 is 2.68 bits per heavy atom. The molecule has 0 aromatic heterocycles. The molecule has 98 valence electrons. The van der Waals surface area contributed by atoms with Crippen LogP contribution in [0, 0.1) is 0 Å². The van der Waals surface area contributed by atoms with Crippen LogP contribution < -0.4 is 11.1 Å². The number of phenolic OH excluding ortho intramolecular Hbond substituents is 1. The van der Waals surface area contributed by atoms with Gasteiger partial charge in [0.15, 0.2) is 0 Å². The average molecular weight is 256 g/mol. The third-order valence-corrected chi connectivity index (χ3v) is 2.81.